The van der Waals surface area contributed by atoms with Crippen molar-refractivity contribution in [2.24, 2.45) is 0 Å². The number of amides is 1. The van der Waals surface area contributed by atoms with E-state index in [1.165, 1.54) is 11.3 Å². The Morgan fingerprint density at radius 3 is 2.63 bits per heavy atom. The first-order valence-corrected chi connectivity index (χ1v) is 9.17. The van der Waals surface area contributed by atoms with Gasteiger partial charge >= 0.3 is 0 Å². The zero-order valence-corrected chi connectivity index (χ0v) is 15.4. The number of pyridine rings is 1. The third-order valence-electron chi connectivity index (χ3n) is 3.63. The second-order valence-corrected chi connectivity index (χ2v) is 6.77. The monoisotopic (exact) mass is 397 g/mol. The van der Waals surface area contributed by atoms with E-state index in [0.29, 0.717) is 22.4 Å². The molecule has 0 spiro atoms. The summed E-state index contributed by atoms with van der Waals surface area (Å²) in [6, 6.07) is 10.9. The van der Waals surface area contributed by atoms with Crippen LogP contribution in [0.4, 0.5) is 0 Å². The van der Waals surface area contributed by atoms with Gasteiger partial charge in [0.05, 0.1) is 6.54 Å². The molecule has 3 heterocycles. The van der Waals surface area contributed by atoms with E-state index in [1.54, 1.807) is 42.0 Å². The standard InChI is InChI=1S/C18H12ClN5O2S/c19-13-3-1-12(2-4-13)18-22-14(10-27-18)17(25)21-9-15-23-16(24-26-15)11-5-7-20-8-6-11/h1-8,10H,9H2,(H,21,25). The number of hydrogen-bond acceptors (Lipinski definition) is 7. The van der Waals surface area contributed by atoms with Crippen LogP contribution in [0.2, 0.25) is 5.02 Å². The molecule has 0 fully saturated rings. The maximum Gasteiger partial charge on any atom is 0.271 e. The normalized spacial score (nSPS) is 10.7. The van der Waals surface area contributed by atoms with Crippen molar-refractivity contribution >= 4 is 28.8 Å². The molecule has 0 saturated heterocycles. The van der Waals surface area contributed by atoms with E-state index in [0.717, 1.165) is 16.1 Å². The number of carbonyl (C=O) groups is 1. The van der Waals surface area contributed by atoms with Crippen molar-refractivity contribution < 1.29 is 9.32 Å². The summed E-state index contributed by atoms with van der Waals surface area (Å²) in [7, 11) is 0. The zero-order chi connectivity index (χ0) is 18.6. The van der Waals surface area contributed by atoms with Gasteiger partial charge in [-0.1, -0.05) is 28.9 Å². The van der Waals surface area contributed by atoms with Crippen molar-refractivity contribution in [2.45, 2.75) is 6.54 Å². The molecule has 0 radical (unpaired) electrons. The Labute approximate surface area is 163 Å². The number of halogens is 1. The fourth-order valence-electron chi connectivity index (χ4n) is 2.29. The topological polar surface area (TPSA) is 93.8 Å². The molecule has 0 unspecified atom stereocenters. The van der Waals surface area contributed by atoms with Crippen molar-refractivity contribution in [3.63, 3.8) is 0 Å². The first-order valence-electron chi connectivity index (χ1n) is 7.92. The van der Waals surface area contributed by atoms with Gasteiger partial charge in [-0.2, -0.15) is 4.98 Å². The van der Waals surface area contributed by atoms with Crippen molar-refractivity contribution in [2.75, 3.05) is 0 Å². The molecular weight excluding hydrogens is 386 g/mol. The maximum atomic E-state index is 12.3. The smallest absolute Gasteiger partial charge is 0.271 e. The number of carbonyl (C=O) groups excluding carboxylic acids is 1. The van der Waals surface area contributed by atoms with Crippen LogP contribution in [0.3, 0.4) is 0 Å². The van der Waals surface area contributed by atoms with Gasteiger partial charge in [0.1, 0.15) is 10.7 Å². The SMILES string of the molecule is O=C(NCc1nc(-c2ccncc2)no1)c1csc(-c2ccc(Cl)cc2)n1. The molecule has 0 saturated carbocycles. The van der Waals surface area contributed by atoms with Gasteiger partial charge in [-0.15, -0.1) is 11.3 Å². The zero-order valence-electron chi connectivity index (χ0n) is 13.8. The average Bonchev–Trinajstić information content (AvgIpc) is 3.37. The predicted molar refractivity (Wildman–Crippen MR) is 101 cm³/mol. The van der Waals surface area contributed by atoms with Crippen LogP contribution in [-0.2, 0) is 6.54 Å². The summed E-state index contributed by atoms with van der Waals surface area (Å²) < 4.78 is 5.16. The Hall–Kier alpha value is -3.10. The Bertz CT molecular complexity index is 1060. The van der Waals surface area contributed by atoms with E-state index in [2.05, 4.69) is 25.4 Å². The second-order valence-electron chi connectivity index (χ2n) is 5.48. The van der Waals surface area contributed by atoms with Crippen LogP contribution in [0.5, 0.6) is 0 Å². The van der Waals surface area contributed by atoms with Crippen LogP contribution in [0, 0.1) is 0 Å². The highest BCUT2D eigenvalue weighted by atomic mass is 35.5. The van der Waals surface area contributed by atoms with Crippen molar-refractivity contribution in [3.8, 4) is 22.0 Å². The molecular formula is C18H12ClN5O2S. The van der Waals surface area contributed by atoms with E-state index in [-0.39, 0.29) is 12.5 Å². The number of nitrogens with zero attached hydrogens (tertiary/aromatic N) is 4. The molecule has 4 aromatic rings. The summed E-state index contributed by atoms with van der Waals surface area (Å²) in [6.07, 6.45) is 3.29. The first-order chi connectivity index (χ1) is 13.2. The van der Waals surface area contributed by atoms with Gasteiger partial charge in [0.2, 0.25) is 11.7 Å². The fraction of sp³-hybridized carbons (Fsp3) is 0.0556. The number of rotatable bonds is 5. The highest BCUT2D eigenvalue weighted by Crippen LogP contribution is 2.25. The summed E-state index contributed by atoms with van der Waals surface area (Å²) in [5, 5.41) is 9.73. The molecule has 1 aromatic carbocycles. The summed E-state index contributed by atoms with van der Waals surface area (Å²) in [6.45, 7) is 0.116. The van der Waals surface area contributed by atoms with Crippen molar-refractivity contribution in [3.05, 3.63) is 70.8 Å². The minimum absolute atomic E-state index is 0.116. The Kier molecular flexibility index (Phi) is 4.91. The molecule has 0 aliphatic carbocycles. The lowest BCUT2D eigenvalue weighted by Crippen LogP contribution is -2.23. The first kappa shape index (κ1) is 17.3. The van der Waals surface area contributed by atoms with E-state index >= 15 is 0 Å². The lowest BCUT2D eigenvalue weighted by Gasteiger charge is -1.99. The number of aromatic nitrogens is 4. The van der Waals surface area contributed by atoms with Gasteiger partial charge in [-0.3, -0.25) is 9.78 Å². The molecule has 1 N–H and O–H groups in total. The van der Waals surface area contributed by atoms with Crippen LogP contribution in [0.15, 0.2) is 58.7 Å². The highest BCUT2D eigenvalue weighted by molar-refractivity contribution is 7.13. The lowest BCUT2D eigenvalue weighted by molar-refractivity contribution is 0.0942. The van der Waals surface area contributed by atoms with Crippen LogP contribution < -0.4 is 5.32 Å². The van der Waals surface area contributed by atoms with Crippen molar-refractivity contribution in [1.29, 1.82) is 0 Å². The number of thiazole rings is 1. The summed E-state index contributed by atoms with van der Waals surface area (Å²) in [4.78, 5) is 24.9. The molecule has 0 bridgehead atoms. The van der Waals surface area contributed by atoms with Crippen LogP contribution in [-0.4, -0.2) is 26.0 Å². The summed E-state index contributed by atoms with van der Waals surface area (Å²) in [5.41, 5.74) is 2.03. The third kappa shape index (κ3) is 4.02. The number of benzene rings is 1. The minimum Gasteiger partial charge on any atom is -0.342 e. The molecule has 9 heteroatoms. The molecule has 4 rings (SSSR count). The number of hydrogen-bond donors (Lipinski definition) is 1. The average molecular weight is 398 g/mol. The largest absolute Gasteiger partial charge is 0.342 e. The van der Waals surface area contributed by atoms with E-state index in [4.69, 9.17) is 16.1 Å². The molecule has 0 aliphatic heterocycles. The Morgan fingerprint density at radius 2 is 1.85 bits per heavy atom. The number of nitrogens with one attached hydrogen (secondary N) is 1. The van der Waals surface area contributed by atoms with Crippen LogP contribution >= 0.6 is 22.9 Å². The van der Waals surface area contributed by atoms with Gasteiger partial charge in [-0.25, -0.2) is 4.98 Å². The van der Waals surface area contributed by atoms with Crippen LogP contribution in [0.25, 0.3) is 22.0 Å². The fourth-order valence-corrected chi connectivity index (χ4v) is 3.23. The molecule has 7 nitrogen and oxygen atoms in total. The summed E-state index contributed by atoms with van der Waals surface area (Å²) >= 11 is 7.28. The minimum atomic E-state index is -0.310. The highest BCUT2D eigenvalue weighted by Gasteiger charge is 2.14. The van der Waals surface area contributed by atoms with Gasteiger partial charge in [0.15, 0.2) is 0 Å². The molecule has 1 amide bonds. The van der Waals surface area contributed by atoms with E-state index in [1.807, 2.05) is 12.1 Å². The molecule has 134 valence electrons. The van der Waals surface area contributed by atoms with Gasteiger partial charge < -0.3 is 9.84 Å². The van der Waals surface area contributed by atoms with Crippen LogP contribution in [0.1, 0.15) is 16.4 Å². The van der Waals surface area contributed by atoms with Gasteiger partial charge in [-0.05, 0) is 24.3 Å². The van der Waals surface area contributed by atoms with E-state index < -0.39 is 0 Å². The van der Waals surface area contributed by atoms with Gasteiger partial charge in [0.25, 0.3) is 5.91 Å². The predicted octanol–water partition coefficient (Wildman–Crippen LogP) is 3.84. The Morgan fingerprint density at radius 1 is 1.07 bits per heavy atom. The second kappa shape index (κ2) is 7.65. The van der Waals surface area contributed by atoms with E-state index in [9.17, 15) is 4.79 Å². The molecule has 0 aliphatic rings. The molecule has 27 heavy (non-hydrogen) atoms. The maximum absolute atomic E-state index is 12.3. The molecule has 0 atom stereocenters. The summed E-state index contributed by atoms with van der Waals surface area (Å²) in [5.74, 6) is 0.443. The van der Waals surface area contributed by atoms with Crippen molar-refractivity contribution in [1.82, 2.24) is 25.4 Å². The van der Waals surface area contributed by atoms with Gasteiger partial charge in [0, 0.05) is 33.9 Å². The Balaban J connectivity index is 1.40. The quantitative estimate of drug-likeness (QED) is 0.550. The lowest BCUT2D eigenvalue weighted by atomic mass is 10.2. The third-order valence-corrected chi connectivity index (χ3v) is 4.78. The molecule has 3 aromatic heterocycles.